The molecule has 0 heterocycles. The lowest BCUT2D eigenvalue weighted by atomic mass is 9.97. The monoisotopic (exact) mass is 182 g/mol. The summed E-state index contributed by atoms with van der Waals surface area (Å²) in [7, 11) is 0. The largest absolute Gasteiger partial charge is 0.271 e. The van der Waals surface area contributed by atoms with Crippen LogP contribution in [-0.2, 0) is 0 Å². The Hall–Kier alpha value is -1.14. The van der Waals surface area contributed by atoms with E-state index in [0.717, 1.165) is 13.8 Å². The summed E-state index contributed by atoms with van der Waals surface area (Å²) in [5.41, 5.74) is -2.02. The van der Waals surface area contributed by atoms with Crippen LogP contribution in [0.3, 0.4) is 0 Å². The van der Waals surface area contributed by atoms with Crippen LogP contribution >= 0.6 is 0 Å². The molecule has 0 saturated heterocycles. The van der Waals surface area contributed by atoms with Gasteiger partial charge >= 0.3 is 0 Å². The molecule has 70 valence electrons. The van der Waals surface area contributed by atoms with Crippen molar-refractivity contribution in [2.45, 2.75) is 31.9 Å². The first kappa shape index (κ1) is 10.9. The molecule has 1 atom stereocenters. The third-order valence-corrected chi connectivity index (χ3v) is 1.55. The molecule has 0 aliphatic rings. The molecule has 0 aliphatic carbocycles. The van der Waals surface area contributed by atoms with Gasteiger partial charge in [-0.05, 0) is 0 Å². The van der Waals surface area contributed by atoms with Crippen LogP contribution < -0.4 is 0 Å². The highest BCUT2D eigenvalue weighted by atomic mass is 19.3. The fraction of sp³-hybridized carbons (Fsp3) is 1.00. The maximum Gasteiger partial charge on any atom is 0.271 e. The van der Waals surface area contributed by atoms with Gasteiger partial charge in [0.05, 0.1) is 0 Å². The SMILES string of the molecule is CC(C)(C(N=O)C(F)F)[N+](=O)[O-]. The van der Waals surface area contributed by atoms with Crippen LogP contribution in [0.15, 0.2) is 5.18 Å². The van der Waals surface area contributed by atoms with Gasteiger partial charge in [0.1, 0.15) is 0 Å². The van der Waals surface area contributed by atoms with E-state index in [-0.39, 0.29) is 0 Å². The van der Waals surface area contributed by atoms with Gasteiger partial charge < -0.3 is 0 Å². The molecule has 0 aromatic carbocycles. The van der Waals surface area contributed by atoms with Crippen LogP contribution in [0.2, 0.25) is 0 Å². The van der Waals surface area contributed by atoms with Gasteiger partial charge in [-0.3, -0.25) is 10.1 Å². The van der Waals surface area contributed by atoms with Gasteiger partial charge in [0.2, 0.25) is 11.6 Å². The van der Waals surface area contributed by atoms with E-state index in [1.54, 1.807) is 0 Å². The predicted molar refractivity (Wildman–Crippen MR) is 36.7 cm³/mol. The average Bonchev–Trinajstić information content (AvgIpc) is 1.86. The van der Waals surface area contributed by atoms with Gasteiger partial charge in [0.25, 0.3) is 6.43 Å². The summed E-state index contributed by atoms with van der Waals surface area (Å²) < 4.78 is 23.9. The highest BCUT2D eigenvalue weighted by Crippen LogP contribution is 2.22. The lowest BCUT2D eigenvalue weighted by Crippen LogP contribution is -2.46. The van der Waals surface area contributed by atoms with Gasteiger partial charge in [0.15, 0.2) is 0 Å². The molecular formula is C5H8F2N2O3. The first-order chi connectivity index (χ1) is 5.34. The Kier molecular flexibility index (Phi) is 3.17. The number of rotatable bonds is 4. The van der Waals surface area contributed by atoms with Crippen LogP contribution in [0.25, 0.3) is 0 Å². The highest BCUT2D eigenvalue weighted by Gasteiger charge is 2.48. The Morgan fingerprint density at radius 2 is 1.92 bits per heavy atom. The average molecular weight is 182 g/mol. The van der Waals surface area contributed by atoms with Crippen molar-refractivity contribution < 1.29 is 13.7 Å². The Bertz CT molecular complexity index is 195. The van der Waals surface area contributed by atoms with E-state index in [0.29, 0.717) is 0 Å². The van der Waals surface area contributed by atoms with Crippen molar-refractivity contribution in [2.24, 2.45) is 5.18 Å². The molecule has 5 nitrogen and oxygen atoms in total. The molecule has 0 saturated carbocycles. The number of hydrogen-bond donors (Lipinski definition) is 0. The zero-order valence-electron chi connectivity index (χ0n) is 6.53. The van der Waals surface area contributed by atoms with Gasteiger partial charge in [-0.15, -0.1) is 0 Å². The summed E-state index contributed by atoms with van der Waals surface area (Å²) in [5.74, 6) is 0. The maximum absolute atomic E-state index is 12.0. The van der Waals surface area contributed by atoms with Crippen molar-refractivity contribution in [2.75, 3.05) is 0 Å². The zero-order valence-corrected chi connectivity index (χ0v) is 6.53. The molecule has 0 aliphatic heterocycles. The lowest BCUT2D eigenvalue weighted by molar-refractivity contribution is -0.566. The van der Waals surface area contributed by atoms with Crippen LogP contribution in [0.4, 0.5) is 8.78 Å². The quantitative estimate of drug-likeness (QED) is 0.375. The number of nitroso groups, excluding NO2 is 1. The highest BCUT2D eigenvalue weighted by molar-refractivity contribution is 4.86. The number of nitrogens with zero attached hydrogens (tertiary/aromatic N) is 2. The number of hydrogen-bond acceptors (Lipinski definition) is 4. The molecule has 0 amide bonds. The summed E-state index contributed by atoms with van der Waals surface area (Å²) in [6, 6.07) is -2.10. The lowest BCUT2D eigenvalue weighted by Gasteiger charge is -2.19. The maximum atomic E-state index is 12.0. The number of halogens is 2. The van der Waals surface area contributed by atoms with Crippen molar-refractivity contribution in [3.05, 3.63) is 15.0 Å². The molecule has 7 heteroatoms. The number of alkyl halides is 2. The molecule has 1 unspecified atom stereocenters. The Morgan fingerprint density at radius 1 is 1.50 bits per heavy atom. The molecule has 0 rings (SSSR count). The van der Waals surface area contributed by atoms with Gasteiger partial charge in [-0.25, -0.2) is 8.78 Å². The summed E-state index contributed by atoms with van der Waals surface area (Å²) >= 11 is 0. The van der Waals surface area contributed by atoms with Crippen molar-refractivity contribution in [1.82, 2.24) is 0 Å². The summed E-state index contributed by atoms with van der Waals surface area (Å²) in [4.78, 5) is 19.1. The van der Waals surface area contributed by atoms with Crippen LogP contribution in [0.1, 0.15) is 13.8 Å². The molecule has 0 aromatic heterocycles. The Balaban J connectivity index is 4.71. The molecule has 0 bridgehead atoms. The normalized spacial score (nSPS) is 14.4. The second kappa shape index (κ2) is 3.51. The standard InChI is InChI=1S/C5H8F2N2O3/c1-5(2,9(11)12)3(8-10)4(6)7/h3-4H,1-2H3. The van der Waals surface area contributed by atoms with Crippen LogP contribution in [0.5, 0.6) is 0 Å². The third-order valence-electron chi connectivity index (χ3n) is 1.55. The molecule has 0 aromatic rings. The van der Waals surface area contributed by atoms with E-state index in [1.807, 2.05) is 5.18 Å². The van der Waals surface area contributed by atoms with Crippen molar-refractivity contribution >= 4 is 0 Å². The van der Waals surface area contributed by atoms with E-state index in [4.69, 9.17) is 0 Å². The summed E-state index contributed by atoms with van der Waals surface area (Å²) in [6.45, 7) is 1.87. The van der Waals surface area contributed by atoms with Crippen LogP contribution in [-0.4, -0.2) is 22.9 Å². The van der Waals surface area contributed by atoms with Gasteiger partial charge in [-0.1, -0.05) is 5.18 Å². The van der Waals surface area contributed by atoms with Crippen molar-refractivity contribution in [3.8, 4) is 0 Å². The smallest absolute Gasteiger partial charge is 0.264 e. The first-order valence-corrected chi connectivity index (χ1v) is 3.09. The van der Waals surface area contributed by atoms with E-state index in [1.165, 1.54) is 0 Å². The fourth-order valence-electron chi connectivity index (χ4n) is 0.591. The molecule has 0 radical (unpaired) electrons. The second-order valence-electron chi connectivity index (χ2n) is 2.80. The Labute approximate surface area is 66.9 Å². The fourth-order valence-corrected chi connectivity index (χ4v) is 0.591. The van der Waals surface area contributed by atoms with Crippen molar-refractivity contribution in [3.63, 3.8) is 0 Å². The molecule has 0 spiro atoms. The van der Waals surface area contributed by atoms with Gasteiger partial charge in [-0.2, -0.15) is 4.91 Å². The minimum atomic E-state index is -3.11. The van der Waals surface area contributed by atoms with E-state index >= 15 is 0 Å². The van der Waals surface area contributed by atoms with E-state index < -0.39 is 22.9 Å². The minimum Gasteiger partial charge on any atom is -0.264 e. The van der Waals surface area contributed by atoms with Crippen molar-refractivity contribution in [1.29, 1.82) is 0 Å². The van der Waals surface area contributed by atoms with E-state index in [2.05, 4.69) is 0 Å². The van der Waals surface area contributed by atoms with Crippen LogP contribution in [0, 0.1) is 15.0 Å². The third kappa shape index (κ3) is 1.93. The number of nitro groups is 1. The second-order valence-corrected chi connectivity index (χ2v) is 2.80. The molecule has 0 N–H and O–H groups in total. The molecule has 12 heavy (non-hydrogen) atoms. The predicted octanol–water partition coefficient (Wildman–Crippen LogP) is 1.44. The van der Waals surface area contributed by atoms with Gasteiger partial charge in [0, 0.05) is 18.8 Å². The first-order valence-electron chi connectivity index (χ1n) is 3.09. The summed E-state index contributed by atoms with van der Waals surface area (Å²) in [5, 5.41) is 12.2. The minimum absolute atomic E-state index is 0.936. The topological polar surface area (TPSA) is 72.6 Å². The summed E-state index contributed by atoms with van der Waals surface area (Å²) in [6.07, 6.45) is -3.11. The molecular weight excluding hydrogens is 174 g/mol. The Morgan fingerprint density at radius 3 is 2.00 bits per heavy atom. The van der Waals surface area contributed by atoms with E-state index in [9.17, 15) is 23.8 Å². The zero-order chi connectivity index (χ0) is 9.94. The molecule has 0 fully saturated rings.